The van der Waals surface area contributed by atoms with E-state index in [-0.39, 0.29) is 23.7 Å². The van der Waals surface area contributed by atoms with Gasteiger partial charge in [-0.1, -0.05) is 49.5 Å². The maximum Gasteiger partial charge on any atom is 0.317 e. The van der Waals surface area contributed by atoms with E-state index in [1.165, 1.54) is 24.6 Å². The molecule has 1 aromatic heterocycles. The molecule has 2 rings (SSSR count). The zero-order valence-electron chi connectivity index (χ0n) is 18.1. The van der Waals surface area contributed by atoms with E-state index in [9.17, 15) is 9.59 Å². The van der Waals surface area contributed by atoms with E-state index in [1.54, 1.807) is 6.07 Å². The summed E-state index contributed by atoms with van der Waals surface area (Å²) in [6, 6.07) is 1.74. The molecule has 0 radical (unpaired) electrons. The Balaban J connectivity index is 1.88. The van der Waals surface area contributed by atoms with Gasteiger partial charge in [-0.25, -0.2) is 14.8 Å². The van der Waals surface area contributed by atoms with E-state index in [4.69, 9.17) is 11.6 Å². The first-order valence-electron chi connectivity index (χ1n) is 10.7. The van der Waals surface area contributed by atoms with Gasteiger partial charge >= 0.3 is 6.03 Å². The molecular formula is C20H33ClN6O2S. The number of hydrogen-bond donors (Lipinski definition) is 2. The van der Waals surface area contributed by atoms with E-state index < -0.39 is 0 Å². The molecule has 1 atom stereocenters. The number of urea groups is 1. The molecule has 10 heteroatoms. The number of rotatable bonds is 10. The zero-order chi connectivity index (χ0) is 21.9. The van der Waals surface area contributed by atoms with Crippen molar-refractivity contribution in [3.05, 3.63) is 11.2 Å². The highest BCUT2D eigenvalue weighted by molar-refractivity contribution is 7.99. The summed E-state index contributed by atoms with van der Waals surface area (Å²) in [5, 5.41) is 6.62. The molecule has 1 unspecified atom stereocenters. The van der Waals surface area contributed by atoms with Crippen molar-refractivity contribution in [2.75, 3.05) is 43.4 Å². The van der Waals surface area contributed by atoms with Crippen LogP contribution in [0.1, 0.15) is 46.5 Å². The van der Waals surface area contributed by atoms with Crippen LogP contribution in [0.2, 0.25) is 5.15 Å². The lowest BCUT2D eigenvalue weighted by Gasteiger charge is -2.40. The molecule has 2 N–H and O–H groups in total. The number of thioether (sulfide) groups is 1. The quantitative estimate of drug-likeness (QED) is 0.243. The van der Waals surface area contributed by atoms with Gasteiger partial charge in [0.25, 0.3) is 0 Å². The van der Waals surface area contributed by atoms with Crippen LogP contribution in [0.4, 0.5) is 10.6 Å². The normalized spacial score (nSPS) is 16.5. The van der Waals surface area contributed by atoms with Crippen molar-refractivity contribution in [1.82, 2.24) is 25.5 Å². The van der Waals surface area contributed by atoms with Crippen molar-refractivity contribution in [3.8, 4) is 0 Å². The minimum absolute atomic E-state index is 0.0224. The van der Waals surface area contributed by atoms with Crippen LogP contribution in [-0.2, 0) is 4.79 Å². The fourth-order valence-electron chi connectivity index (χ4n) is 3.29. The highest BCUT2D eigenvalue weighted by atomic mass is 35.5. The van der Waals surface area contributed by atoms with Gasteiger partial charge in [-0.15, -0.1) is 0 Å². The Hall–Kier alpha value is -1.74. The van der Waals surface area contributed by atoms with Crippen LogP contribution >= 0.6 is 23.4 Å². The number of halogens is 1. The number of nitrogens with zero attached hydrogens (tertiary/aromatic N) is 4. The Labute approximate surface area is 188 Å². The first-order chi connectivity index (χ1) is 14.4. The van der Waals surface area contributed by atoms with Gasteiger partial charge in [-0.2, -0.15) is 0 Å². The highest BCUT2D eigenvalue weighted by Crippen LogP contribution is 2.24. The third-order valence-corrected chi connectivity index (χ3v) is 5.93. The number of anilines is 1. The topological polar surface area (TPSA) is 90.5 Å². The van der Waals surface area contributed by atoms with Crippen molar-refractivity contribution < 1.29 is 9.59 Å². The maximum absolute atomic E-state index is 12.1. The smallest absolute Gasteiger partial charge is 0.317 e. The van der Waals surface area contributed by atoms with Gasteiger partial charge in [0, 0.05) is 44.8 Å². The van der Waals surface area contributed by atoms with Crippen LogP contribution in [0.3, 0.4) is 0 Å². The highest BCUT2D eigenvalue weighted by Gasteiger charge is 2.28. The van der Waals surface area contributed by atoms with E-state index >= 15 is 0 Å². The minimum Gasteiger partial charge on any atom is -0.355 e. The van der Waals surface area contributed by atoms with Crippen LogP contribution in [-0.4, -0.2) is 71.3 Å². The predicted molar refractivity (Wildman–Crippen MR) is 122 cm³/mol. The van der Waals surface area contributed by atoms with E-state index in [0.717, 1.165) is 18.7 Å². The van der Waals surface area contributed by atoms with Crippen LogP contribution in [0.25, 0.3) is 0 Å². The van der Waals surface area contributed by atoms with Gasteiger partial charge in [-0.3, -0.25) is 4.79 Å². The molecule has 2 heterocycles. The standard InChI is InChI=1S/C20H33ClN6O2S/c1-4-6-7-8-9-23-18(28)14-30-19-24-16(21)12-17(25-19)26-10-11-27(15(3)13-26)20(29)22-5-2/h12,15H,4-11,13-14H2,1-3H3,(H,22,29)(H,23,28). The van der Waals surface area contributed by atoms with Gasteiger partial charge in [0.15, 0.2) is 5.16 Å². The molecular weight excluding hydrogens is 424 g/mol. The average molecular weight is 457 g/mol. The molecule has 0 saturated carbocycles. The third kappa shape index (κ3) is 7.83. The number of hydrogen-bond acceptors (Lipinski definition) is 6. The number of piperazine rings is 1. The molecule has 1 fully saturated rings. The monoisotopic (exact) mass is 456 g/mol. The molecule has 30 heavy (non-hydrogen) atoms. The summed E-state index contributed by atoms with van der Waals surface area (Å²) in [7, 11) is 0. The largest absolute Gasteiger partial charge is 0.355 e. The molecule has 0 aromatic carbocycles. The average Bonchev–Trinajstić information content (AvgIpc) is 2.71. The molecule has 1 aromatic rings. The Kier molecular flexibility index (Phi) is 10.5. The first-order valence-corrected chi connectivity index (χ1v) is 12.0. The molecule has 1 saturated heterocycles. The van der Waals surface area contributed by atoms with Gasteiger partial charge < -0.3 is 20.4 Å². The number of nitrogens with one attached hydrogen (secondary N) is 2. The van der Waals surface area contributed by atoms with Crippen LogP contribution in [0.15, 0.2) is 11.2 Å². The van der Waals surface area contributed by atoms with E-state index in [1.807, 2.05) is 18.7 Å². The summed E-state index contributed by atoms with van der Waals surface area (Å²) in [6.45, 7) is 9.34. The summed E-state index contributed by atoms with van der Waals surface area (Å²) in [5.41, 5.74) is 0. The second kappa shape index (κ2) is 12.8. The van der Waals surface area contributed by atoms with Crippen molar-refractivity contribution >= 4 is 41.1 Å². The van der Waals surface area contributed by atoms with E-state index in [0.29, 0.717) is 43.0 Å². The molecule has 3 amide bonds. The fraction of sp³-hybridized carbons (Fsp3) is 0.700. The van der Waals surface area contributed by atoms with Gasteiger partial charge in [0.1, 0.15) is 11.0 Å². The molecule has 168 valence electrons. The summed E-state index contributed by atoms with van der Waals surface area (Å²) < 4.78 is 0. The molecule has 1 aliphatic heterocycles. The lowest BCUT2D eigenvalue weighted by atomic mass is 10.2. The SMILES string of the molecule is CCCCCCNC(=O)CSc1nc(Cl)cc(N2CCN(C(=O)NCC)C(C)C2)n1. The first kappa shape index (κ1) is 24.5. The summed E-state index contributed by atoms with van der Waals surface area (Å²) >= 11 is 7.49. The third-order valence-electron chi connectivity index (χ3n) is 4.89. The summed E-state index contributed by atoms with van der Waals surface area (Å²) in [6.07, 6.45) is 4.51. The predicted octanol–water partition coefficient (Wildman–Crippen LogP) is 3.16. The number of carbonyl (C=O) groups excluding carboxylic acids is 2. The molecule has 0 aliphatic carbocycles. The van der Waals surface area contributed by atoms with Crippen LogP contribution in [0.5, 0.6) is 0 Å². The van der Waals surface area contributed by atoms with Gasteiger partial charge in [-0.05, 0) is 20.3 Å². The Morgan fingerprint density at radius 1 is 1.20 bits per heavy atom. The number of aromatic nitrogens is 2. The van der Waals surface area contributed by atoms with Crippen molar-refractivity contribution in [2.45, 2.75) is 57.7 Å². The Morgan fingerprint density at radius 3 is 2.70 bits per heavy atom. The second-order valence-electron chi connectivity index (χ2n) is 7.35. The van der Waals surface area contributed by atoms with Crippen molar-refractivity contribution in [1.29, 1.82) is 0 Å². The minimum atomic E-state index is -0.0395. The number of carbonyl (C=O) groups is 2. The van der Waals surface area contributed by atoms with Crippen LogP contribution in [0, 0.1) is 0 Å². The summed E-state index contributed by atoms with van der Waals surface area (Å²) in [4.78, 5) is 37.0. The van der Waals surface area contributed by atoms with Crippen LogP contribution < -0.4 is 15.5 Å². The summed E-state index contributed by atoms with van der Waals surface area (Å²) in [5.74, 6) is 0.959. The lowest BCUT2D eigenvalue weighted by Crippen LogP contribution is -2.56. The Bertz CT molecular complexity index is 708. The zero-order valence-corrected chi connectivity index (χ0v) is 19.7. The van der Waals surface area contributed by atoms with Crippen molar-refractivity contribution in [2.24, 2.45) is 0 Å². The van der Waals surface area contributed by atoms with Crippen molar-refractivity contribution in [3.63, 3.8) is 0 Å². The van der Waals surface area contributed by atoms with Gasteiger partial charge in [0.05, 0.1) is 5.75 Å². The lowest BCUT2D eigenvalue weighted by molar-refractivity contribution is -0.118. The second-order valence-corrected chi connectivity index (χ2v) is 8.68. The molecule has 1 aliphatic rings. The van der Waals surface area contributed by atoms with Gasteiger partial charge in [0.2, 0.25) is 5.91 Å². The number of unbranched alkanes of at least 4 members (excludes halogenated alkanes) is 3. The van der Waals surface area contributed by atoms with E-state index in [2.05, 4.69) is 32.4 Å². The maximum atomic E-state index is 12.1. The molecule has 0 spiro atoms. The number of amides is 3. The molecule has 8 nitrogen and oxygen atoms in total. The molecule has 0 bridgehead atoms. The Morgan fingerprint density at radius 2 is 2.00 bits per heavy atom. The fourth-order valence-corrected chi connectivity index (χ4v) is 4.20.